The SMILES string of the molecule is COC1C2CCC(C2)C1(OC)OC. The second-order valence-electron chi connectivity index (χ2n) is 4.06. The topological polar surface area (TPSA) is 27.7 Å². The standard InChI is InChI=1S/C10H18O3/c1-11-9-7-4-5-8(6-7)10(9,12-2)13-3/h7-9H,4-6H2,1-3H3. The molecule has 0 aromatic heterocycles. The van der Waals surface area contributed by atoms with Crippen LogP contribution < -0.4 is 0 Å². The quantitative estimate of drug-likeness (QED) is 0.624. The zero-order chi connectivity index (χ0) is 9.47. The summed E-state index contributed by atoms with van der Waals surface area (Å²) in [6.45, 7) is 0. The number of fused-ring (bicyclic) bond motifs is 2. The monoisotopic (exact) mass is 186 g/mol. The molecule has 13 heavy (non-hydrogen) atoms. The summed E-state index contributed by atoms with van der Waals surface area (Å²) in [6, 6.07) is 0. The van der Waals surface area contributed by atoms with Crippen molar-refractivity contribution in [3.05, 3.63) is 0 Å². The van der Waals surface area contributed by atoms with Crippen molar-refractivity contribution < 1.29 is 14.2 Å². The van der Waals surface area contributed by atoms with Crippen LogP contribution in [0.2, 0.25) is 0 Å². The van der Waals surface area contributed by atoms with Crippen LogP contribution in [0.5, 0.6) is 0 Å². The van der Waals surface area contributed by atoms with Gasteiger partial charge in [-0.25, -0.2) is 0 Å². The Balaban J connectivity index is 2.24. The van der Waals surface area contributed by atoms with Crippen molar-refractivity contribution in [3.8, 4) is 0 Å². The van der Waals surface area contributed by atoms with Crippen molar-refractivity contribution >= 4 is 0 Å². The van der Waals surface area contributed by atoms with Gasteiger partial charge in [-0.2, -0.15) is 0 Å². The molecule has 0 aromatic rings. The van der Waals surface area contributed by atoms with Crippen molar-refractivity contribution in [1.82, 2.24) is 0 Å². The number of ether oxygens (including phenoxy) is 3. The molecule has 0 aromatic carbocycles. The van der Waals surface area contributed by atoms with E-state index in [1.54, 1.807) is 21.3 Å². The van der Waals surface area contributed by atoms with E-state index in [0.29, 0.717) is 11.8 Å². The van der Waals surface area contributed by atoms with Crippen molar-refractivity contribution in [2.75, 3.05) is 21.3 Å². The van der Waals surface area contributed by atoms with Crippen LogP contribution >= 0.6 is 0 Å². The lowest BCUT2D eigenvalue weighted by Gasteiger charge is -2.40. The fourth-order valence-electron chi connectivity index (χ4n) is 3.22. The van der Waals surface area contributed by atoms with E-state index in [-0.39, 0.29) is 6.10 Å². The maximum atomic E-state index is 5.54. The molecule has 0 aliphatic heterocycles. The molecule has 0 heterocycles. The van der Waals surface area contributed by atoms with E-state index in [4.69, 9.17) is 14.2 Å². The van der Waals surface area contributed by atoms with Crippen molar-refractivity contribution in [2.45, 2.75) is 31.2 Å². The molecular weight excluding hydrogens is 168 g/mol. The maximum absolute atomic E-state index is 5.54. The first-order chi connectivity index (χ1) is 6.28. The Bertz CT molecular complexity index is 189. The van der Waals surface area contributed by atoms with E-state index in [0.717, 1.165) is 0 Å². The van der Waals surface area contributed by atoms with Crippen LogP contribution in [0.3, 0.4) is 0 Å². The fourth-order valence-corrected chi connectivity index (χ4v) is 3.22. The van der Waals surface area contributed by atoms with E-state index in [9.17, 15) is 0 Å². The summed E-state index contributed by atoms with van der Waals surface area (Å²) in [6.07, 6.45) is 3.80. The van der Waals surface area contributed by atoms with Crippen LogP contribution in [0.15, 0.2) is 0 Å². The Kier molecular flexibility index (Phi) is 2.34. The minimum atomic E-state index is -0.461. The Morgan fingerprint density at radius 3 is 2.23 bits per heavy atom. The van der Waals surface area contributed by atoms with E-state index in [2.05, 4.69) is 0 Å². The highest BCUT2D eigenvalue weighted by Crippen LogP contribution is 2.53. The normalized spacial score (nSPS) is 41.3. The van der Waals surface area contributed by atoms with Crippen LogP contribution in [0.4, 0.5) is 0 Å². The zero-order valence-electron chi connectivity index (χ0n) is 8.58. The lowest BCUT2D eigenvalue weighted by molar-refractivity contribution is -0.285. The van der Waals surface area contributed by atoms with Crippen LogP contribution in [0.25, 0.3) is 0 Å². The smallest absolute Gasteiger partial charge is 0.197 e. The molecule has 0 N–H and O–H groups in total. The molecule has 3 atom stereocenters. The highest BCUT2D eigenvalue weighted by Gasteiger charge is 2.60. The minimum absolute atomic E-state index is 0.126. The van der Waals surface area contributed by atoms with Gasteiger partial charge in [-0.15, -0.1) is 0 Å². The summed E-state index contributed by atoms with van der Waals surface area (Å²) in [5, 5.41) is 0. The summed E-state index contributed by atoms with van der Waals surface area (Å²) in [4.78, 5) is 0. The molecule has 3 nitrogen and oxygen atoms in total. The third kappa shape index (κ3) is 1.07. The van der Waals surface area contributed by atoms with Gasteiger partial charge in [0.05, 0.1) is 0 Å². The van der Waals surface area contributed by atoms with E-state index in [1.165, 1.54) is 19.3 Å². The van der Waals surface area contributed by atoms with Gasteiger partial charge in [-0.1, -0.05) is 0 Å². The summed E-state index contributed by atoms with van der Waals surface area (Å²) in [5.41, 5.74) is 0. The summed E-state index contributed by atoms with van der Waals surface area (Å²) < 4.78 is 16.6. The maximum Gasteiger partial charge on any atom is 0.197 e. The van der Waals surface area contributed by atoms with Gasteiger partial charge < -0.3 is 14.2 Å². The fraction of sp³-hybridized carbons (Fsp3) is 1.00. The van der Waals surface area contributed by atoms with Gasteiger partial charge in [0.25, 0.3) is 0 Å². The molecule has 2 rings (SSSR count). The summed E-state index contributed by atoms with van der Waals surface area (Å²) in [5.74, 6) is 0.699. The number of methoxy groups -OCH3 is 3. The molecular formula is C10H18O3. The van der Waals surface area contributed by atoms with Gasteiger partial charge in [0.1, 0.15) is 6.10 Å². The number of rotatable bonds is 3. The second-order valence-corrected chi connectivity index (χ2v) is 4.06. The molecule has 76 valence electrons. The molecule has 2 aliphatic rings. The molecule has 0 amide bonds. The van der Waals surface area contributed by atoms with Crippen LogP contribution in [-0.4, -0.2) is 33.2 Å². The Hall–Kier alpha value is -0.120. The molecule has 3 heteroatoms. The Labute approximate surface area is 79.4 Å². The van der Waals surface area contributed by atoms with Gasteiger partial charge in [0, 0.05) is 27.2 Å². The molecule has 2 fully saturated rings. The van der Waals surface area contributed by atoms with Crippen LogP contribution in [0.1, 0.15) is 19.3 Å². The predicted molar refractivity (Wildman–Crippen MR) is 48.4 cm³/mol. The van der Waals surface area contributed by atoms with E-state index < -0.39 is 5.79 Å². The van der Waals surface area contributed by atoms with Gasteiger partial charge >= 0.3 is 0 Å². The van der Waals surface area contributed by atoms with Crippen molar-refractivity contribution in [3.63, 3.8) is 0 Å². The van der Waals surface area contributed by atoms with Gasteiger partial charge in [0.15, 0.2) is 5.79 Å². The minimum Gasteiger partial charge on any atom is -0.376 e. The molecule has 0 radical (unpaired) electrons. The molecule has 2 saturated carbocycles. The summed E-state index contributed by atoms with van der Waals surface area (Å²) >= 11 is 0. The van der Waals surface area contributed by atoms with Gasteiger partial charge in [-0.3, -0.25) is 0 Å². The Morgan fingerprint density at radius 2 is 1.77 bits per heavy atom. The zero-order valence-corrected chi connectivity index (χ0v) is 8.58. The Morgan fingerprint density at radius 1 is 1.08 bits per heavy atom. The first kappa shape index (κ1) is 9.44. The first-order valence-corrected chi connectivity index (χ1v) is 4.91. The lowest BCUT2D eigenvalue weighted by atomic mass is 9.91. The van der Waals surface area contributed by atoms with Crippen LogP contribution in [0, 0.1) is 11.8 Å². The first-order valence-electron chi connectivity index (χ1n) is 4.91. The molecule has 0 spiro atoms. The van der Waals surface area contributed by atoms with E-state index >= 15 is 0 Å². The molecule has 2 aliphatic carbocycles. The molecule has 3 unspecified atom stereocenters. The van der Waals surface area contributed by atoms with Crippen molar-refractivity contribution in [2.24, 2.45) is 11.8 Å². The average Bonchev–Trinajstić information content (AvgIpc) is 2.74. The number of hydrogen-bond acceptors (Lipinski definition) is 3. The second kappa shape index (κ2) is 3.23. The van der Waals surface area contributed by atoms with Gasteiger partial charge in [-0.05, 0) is 25.2 Å². The van der Waals surface area contributed by atoms with E-state index in [1.807, 2.05) is 0 Å². The highest BCUT2D eigenvalue weighted by molar-refractivity contribution is 5.04. The molecule has 0 saturated heterocycles. The van der Waals surface area contributed by atoms with Crippen LogP contribution in [-0.2, 0) is 14.2 Å². The van der Waals surface area contributed by atoms with Crippen molar-refractivity contribution in [1.29, 1.82) is 0 Å². The third-order valence-electron chi connectivity index (χ3n) is 3.76. The van der Waals surface area contributed by atoms with Gasteiger partial charge in [0.2, 0.25) is 0 Å². The lowest BCUT2D eigenvalue weighted by Crippen LogP contribution is -2.51. The number of hydrogen-bond donors (Lipinski definition) is 0. The largest absolute Gasteiger partial charge is 0.376 e. The summed E-state index contributed by atoms with van der Waals surface area (Å²) in [7, 11) is 5.19. The average molecular weight is 186 g/mol. The third-order valence-corrected chi connectivity index (χ3v) is 3.76. The predicted octanol–water partition coefficient (Wildman–Crippen LogP) is 1.42. The highest BCUT2D eigenvalue weighted by atomic mass is 16.7. The molecule has 2 bridgehead atoms.